The van der Waals surface area contributed by atoms with Crippen molar-refractivity contribution in [1.29, 1.82) is 0 Å². The number of benzene rings is 1. The first-order valence-corrected chi connectivity index (χ1v) is 8.12. The highest BCUT2D eigenvalue weighted by molar-refractivity contribution is 5.36. The molecule has 3 nitrogen and oxygen atoms in total. The predicted molar refractivity (Wildman–Crippen MR) is 88.8 cm³/mol. The Balaban J connectivity index is 2.10. The summed E-state index contributed by atoms with van der Waals surface area (Å²) in [6, 6.07) is 9.79. The van der Waals surface area contributed by atoms with E-state index >= 15 is 0 Å². The Morgan fingerprint density at radius 2 is 1.95 bits per heavy atom. The molecule has 118 valence electrons. The van der Waals surface area contributed by atoms with E-state index < -0.39 is 0 Å². The molecule has 0 spiro atoms. The van der Waals surface area contributed by atoms with E-state index in [0.717, 1.165) is 13.2 Å². The van der Waals surface area contributed by atoms with Gasteiger partial charge in [-0.05, 0) is 51.4 Å². The third kappa shape index (κ3) is 3.85. The minimum absolute atomic E-state index is 0.310. The average Bonchev–Trinajstić information content (AvgIpc) is 2.46. The third-order valence-corrected chi connectivity index (χ3v) is 4.61. The zero-order valence-corrected chi connectivity index (χ0v) is 14.1. The van der Waals surface area contributed by atoms with Gasteiger partial charge in [-0.15, -0.1) is 0 Å². The second-order valence-electron chi connectivity index (χ2n) is 6.50. The number of hydrogen-bond donors (Lipinski definition) is 1. The largest absolute Gasteiger partial charge is 0.377 e. The summed E-state index contributed by atoms with van der Waals surface area (Å²) in [5.74, 6) is 0.615. The highest BCUT2D eigenvalue weighted by Crippen LogP contribution is 2.39. The van der Waals surface area contributed by atoms with Crippen LogP contribution in [0.4, 0.5) is 0 Å². The molecule has 0 amide bonds. The van der Waals surface area contributed by atoms with Crippen LogP contribution in [0.5, 0.6) is 0 Å². The van der Waals surface area contributed by atoms with Gasteiger partial charge in [-0.1, -0.05) is 31.2 Å². The van der Waals surface area contributed by atoms with Gasteiger partial charge < -0.3 is 10.1 Å². The molecule has 0 aromatic heterocycles. The van der Waals surface area contributed by atoms with Crippen molar-refractivity contribution in [3.63, 3.8) is 0 Å². The molecule has 1 aliphatic carbocycles. The lowest BCUT2D eigenvalue weighted by atomic mass is 9.77. The van der Waals surface area contributed by atoms with Gasteiger partial charge in [0.2, 0.25) is 0 Å². The van der Waals surface area contributed by atoms with Gasteiger partial charge in [-0.25, -0.2) is 0 Å². The summed E-state index contributed by atoms with van der Waals surface area (Å²) >= 11 is 0. The Morgan fingerprint density at radius 3 is 2.57 bits per heavy atom. The van der Waals surface area contributed by atoms with Gasteiger partial charge >= 0.3 is 0 Å². The monoisotopic (exact) mass is 290 g/mol. The number of nitrogens with zero attached hydrogens (tertiary/aromatic N) is 1. The van der Waals surface area contributed by atoms with E-state index in [9.17, 15) is 0 Å². The van der Waals surface area contributed by atoms with Crippen molar-refractivity contribution in [3.8, 4) is 0 Å². The van der Waals surface area contributed by atoms with Crippen LogP contribution in [0, 0.1) is 0 Å². The summed E-state index contributed by atoms with van der Waals surface area (Å²) in [6.45, 7) is 8.31. The summed E-state index contributed by atoms with van der Waals surface area (Å²) in [7, 11) is 4.29. The summed E-state index contributed by atoms with van der Waals surface area (Å²) in [4.78, 5) is 2.45. The molecule has 3 heteroatoms. The van der Waals surface area contributed by atoms with Gasteiger partial charge in [-0.3, -0.25) is 4.90 Å². The van der Waals surface area contributed by atoms with E-state index in [1.54, 1.807) is 0 Å². The van der Waals surface area contributed by atoms with Gasteiger partial charge in [0, 0.05) is 18.6 Å². The minimum Gasteiger partial charge on any atom is -0.377 e. The van der Waals surface area contributed by atoms with Crippen LogP contribution in [0.15, 0.2) is 24.3 Å². The van der Waals surface area contributed by atoms with Gasteiger partial charge in [0.15, 0.2) is 0 Å². The van der Waals surface area contributed by atoms with E-state index in [1.165, 1.54) is 17.5 Å². The second-order valence-corrected chi connectivity index (χ2v) is 6.50. The van der Waals surface area contributed by atoms with Crippen molar-refractivity contribution in [2.24, 2.45) is 0 Å². The van der Waals surface area contributed by atoms with Crippen LogP contribution >= 0.6 is 0 Å². The zero-order valence-electron chi connectivity index (χ0n) is 14.1. The van der Waals surface area contributed by atoms with Gasteiger partial charge in [0.1, 0.15) is 0 Å². The van der Waals surface area contributed by atoms with Crippen molar-refractivity contribution in [3.05, 3.63) is 35.4 Å². The maximum Gasteiger partial charge on any atom is 0.0596 e. The van der Waals surface area contributed by atoms with E-state index in [0.29, 0.717) is 24.1 Å². The maximum absolute atomic E-state index is 5.71. The molecular weight excluding hydrogens is 260 g/mol. The van der Waals surface area contributed by atoms with Crippen molar-refractivity contribution >= 4 is 0 Å². The molecule has 0 fully saturated rings. The number of fused-ring (bicyclic) bond motifs is 1. The number of ether oxygens (including phenoxy) is 1. The molecule has 0 radical (unpaired) electrons. The van der Waals surface area contributed by atoms with Gasteiger partial charge in [0.05, 0.1) is 12.7 Å². The fraction of sp³-hybridized carbons (Fsp3) is 0.667. The standard InChI is InChI=1S/C18H30N2O/c1-13(2)21-11-10-20(5)17-12-14(3)15-8-6-7-9-16(15)18(17)19-4/h6-9,13-14,17-19H,10-12H2,1-5H3. The lowest BCUT2D eigenvalue weighted by Gasteiger charge is -2.41. The third-order valence-electron chi connectivity index (χ3n) is 4.61. The Morgan fingerprint density at radius 1 is 1.29 bits per heavy atom. The fourth-order valence-electron chi connectivity index (χ4n) is 3.46. The Bertz CT molecular complexity index is 447. The van der Waals surface area contributed by atoms with Crippen LogP contribution in [0.25, 0.3) is 0 Å². The van der Waals surface area contributed by atoms with Gasteiger partial charge in [0.25, 0.3) is 0 Å². The van der Waals surface area contributed by atoms with E-state index in [-0.39, 0.29) is 0 Å². The summed E-state index contributed by atoms with van der Waals surface area (Å²) in [6.07, 6.45) is 1.50. The molecule has 0 aliphatic heterocycles. The lowest BCUT2D eigenvalue weighted by Crippen LogP contribution is -2.46. The van der Waals surface area contributed by atoms with Crippen LogP contribution in [0.2, 0.25) is 0 Å². The SMILES string of the molecule is CNC1c2ccccc2C(C)CC1N(C)CCOC(C)C. The van der Waals surface area contributed by atoms with Crippen molar-refractivity contribution in [1.82, 2.24) is 10.2 Å². The molecule has 0 bridgehead atoms. The molecule has 3 atom stereocenters. The van der Waals surface area contributed by atoms with Crippen LogP contribution in [0.3, 0.4) is 0 Å². The molecule has 0 saturated carbocycles. The topological polar surface area (TPSA) is 24.5 Å². The first-order valence-electron chi connectivity index (χ1n) is 8.12. The average molecular weight is 290 g/mol. The maximum atomic E-state index is 5.71. The van der Waals surface area contributed by atoms with Crippen LogP contribution in [0.1, 0.15) is 50.3 Å². The number of hydrogen-bond acceptors (Lipinski definition) is 3. The van der Waals surface area contributed by atoms with Crippen molar-refractivity contribution < 1.29 is 4.74 Å². The number of rotatable bonds is 6. The zero-order chi connectivity index (χ0) is 15.4. The predicted octanol–water partition coefficient (Wildman–Crippen LogP) is 3.18. The second kappa shape index (κ2) is 7.39. The molecule has 1 aromatic carbocycles. The van der Waals surface area contributed by atoms with Gasteiger partial charge in [-0.2, -0.15) is 0 Å². The van der Waals surface area contributed by atoms with E-state index in [1.807, 2.05) is 0 Å². The fourth-order valence-corrected chi connectivity index (χ4v) is 3.46. The first-order chi connectivity index (χ1) is 10.0. The molecule has 21 heavy (non-hydrogen) atoms. The minimum atomic E-state index is 0.310. The number of likely N-dealkylation sites (N-methyl/N-ethyl adjacent to an activating group) is 2. The van der Waals surface area contributed by atoms with Crippen molar-refractivity contribution in [2.45, 2.75) is 51.3 Å². The molecular formula is C18H30N2O. The molecule has 1 N–H and O–H groups in total. The van der Waals surface area contributed by atoms with E-state index in [2.05, 4.69) is 69.3 Å². The summed E-state index contributed by atoms with van der Waals surface area (Å²) in [5.41, 5.74) is 2.96. The molecule has 3 unspecified atom stereocenters. The first kappa shape index (κ1) is 16.5. The Hall–Kier alpha value is -0.900. The summed E-state index contributed by atoms with van der Waals surface area (Å²) in [5, 5.41) is 3.53. The van der Waals surface area contributed by atoms with Crippen LogP contribution in [-0.2, 0) is 4.74 Å². The van der Waals surface area contributed by atoms with Crippen molar-refractivity contribution in [2.75, 3.05) is 27.2 Å². The summed E-state index contributed by atoms with van der Waals surface area (Å²) < 4.78 is 5.71. The smallest absolute Gasteiger partial charge is 0.0596 e. The van der Waals surface area contributed by atoms with Crippen LogP contribution in [-0.4, -0.2) is 44.3 Å². The van der Waals surface area contributed by atoms with Crippen LogP contribution < -0.4 is 5.32 Å². The molecule has 1 aliphatic rings. The van der Waals surface area contributed by atoms with E-state index in [4.69, 9.17) is 4.74 Å². The Labute approximate surface area is 129 Å². The Kier molecular flexibility index (Phi) is 5.80. The highest BCUT2D eigenvalue weighted by Gasteiger charge is 2.34. The molecule has 0 heterocycles. The molecule has 0 saturated heterocycles. The lowest BCUT2D eigenvalue weighted by molar-refractivity contribution is 0.0481. The quantitative estimate of drug-likeness (QED) is 0.871. The molecule has 1 aromatic rings. The normalized spacial score (nSPS) is 25.4. The molecule has 2 rings (SSSR count). The number of nitrogens with one attached hydrogen (secondary N) is 1. The highest BCUT2D eigenvalue weighted by atomic mass is 16.5.